The predicted molar refractivity (Wildman–Crippen MR) is 78.7 cm³/mol. The summed E-state index contributed by atoms with van der Waals surface area (Å²) in [6.07, 6.45) is 1.62. The van der Waals surface area contributed by atoms with Gasteiger partial charge >= 0.3 is 5.97 Å². The second kappa shape index (κ2) is 6.15. The van der Waals surface area contributed by atoms with Gasteiger partial charge < -0.3 is 15.2 Å². The molecule has 0 atom stereocenters. The Morgan fingerprint density at radius 2 is 2.25 bits per heavy atom. The fraction of sp³-hybridized carbons (Fsp3) is 0.462. The molecule has 0 spiro atoms. The van der Waals surface area contributed by atoms with Gasteiger partial charge in [-0.1, -0.05) is 0 Å². The highest BCUT2D eigenvalue weighted by Gasteiger charge is 2.18. The lowest BCUT2D eigenvalue weighted by Crippen LogP contribution is -2.14. The molecule has 20 heavy (non-hydrogen) atoms. The maximum absolute atomic E-state index is 11.2. The zero-order valence-electron chi connectivity index (χ0n) is 11.6. The van der Waals surface area contributed by atoms with Crippen LogP contribution in [-0.2, 0) is 4.74 Å². The number of aromatic nitrogens is 2. The Balaban J connectivity index is 2.23. The number of carbonyl (C=O) groups is 1. The lowest BCUT2D eigenvalue weighted by molar-refractivity contribution is 0.0701. The SMILES string of the molecule is Cc1c(C(=O)O)sc2ncnc(NCCOC(C)C)c12. The molecule has 0 unspecified atom stereocenters. The molecule has 2 aromatic heterocycles. The van der Waals surface area contributed by atoms with E-state index in [1.807, 2.05) is 13.8 Å². The Hall–Kier alpha value is -1.73. The molecule has 108 valence electrons. The number of aromatic carboxylic acids is 1. The number of hydrogen-bond donors (Lipinski definition) is 2. The molecule has 0 saturated carbocycles. The van der Waals surface area contributed by atoms with E-state index in [2.05, 4.69) is 15.3 Å². The quantitative estimate of drug-likeness (QED) is 0.797. The van der Waals surface area contributed by atoms with Gasteiger partial charge in [0.15, 0.2) is 0 Å². The van der Waals surface area contributed by atoms with Crippen LogP contribution < -0.4 is 5.32 Å². The Morgan fingerprint density at radius 3 is 2.90 bits per heavy atom. The predicted octanol–water partition coefficient (Wildman–Crippen LogP) is 2.53. The van der Waals surface area contributed by atoms with Crippen molar-refractivity contribution in [3.8, 4) is 0 Å². The van der Waals surface area contributed by atoms with E-state index in [4.69, 9.17) is 9.84 Å². The van der Waals surface area contributed by atoms with Crippen LogP contribution in [0, 0.1) is 6.92 Å². The number of rotatable bonds is 6. The molecule has 2 heterocycles. The zero-order chi connectivity index (χ0) is 14.7. The normalized spacial score (nSPS) is 11.2. The average molecular weight is 295 g/mol. The molecule has 2 aromatic rings. The molecule has 0 radical (unpaired) electrons. The molecule has 0 aliphatic carbocycles. The second-order valence-corrected chi connectivity index (χ2v) is 5.61. The van der Waals surface area contributed by atoms with Gasteiger partial charge in [-0.05, 0) is 26.3 Å². The van der Waals surface area contributed by atoms with Crippen molar-refractivity contribution in [2.24, 2.45) is 0 Å². The third-order valence-electron chi connectivity index (χ3n) is 2.77. The van der Waals surface area contributed by atoms with Crippen molar-refractivity contribution < 1.29 is 14.6 Å². The van der Waals surface area contributed by atoms with Crippen molar-refractivity contribution in [2.45, 2.75) is 26.9 Å². The molecule has 0 saturated heterocycles. The Labute approximate surface area is 120 Å². The monoisotopic (exact) mass is 295 g/mol. The van der Waals surface area contributed by atoms with Crippen molar-refractivity contribution in [3.05, 3.63) is 16.8 Å². The average Bonchev–Trinajstić information content (AvgIpc) is 2.73. The zero-order valence-corrected chi connectivity index (χ0v) is 12.5. The van der Waals surface area contributed by atoms with Crippen LogP contribution in [0.25, 0.3) is 10.2 Å². The van der Waals surface area contributed by atoms with Crippen molar-refractivity contribution in [1.82, 2.24) is 9.97 Å². The van der Waals surface area contributed by atoms with Gasteiger partial charge in [-0.15, -0.1) is 11.3 Å². The summed E-state index contributed by atoms with van der Waals surface area (Å²) < 4.78 is 5.45. The number of ether oxygens (including phenoxy) is 1. The minimum atomic E-state index is -0.931. The highest BCUT2D eigenvalue weighted by Crippen LogP contribution is 2.32. The maximum Gasteiger partial charge on any atom is 0.346 e. The summed E-state index contributed by atoms with van der Waals surface area (Å²) in [6.45, 7) is 6.91. The summed E-state index contributed by atoms with van der Waals surface area (Å²) in [5.74, 6) is -0.275. The maximum atomic E-state index is 11.2. The third-order valence-corrected chi connectivity index (χ3v) is 3.95. The number of carboxylic acids is 1. The molecule has 0 bridgehead atoms. The largest absolute Gasteiger partial charge is 0.477 e. The molecular formula is C13H17N3O3S. The third kappa shape index (κ3) is 3.05. The van der Waals surface area contributed by atoms with E-state index in [1.54, 1.807) is 6.92 Å². The summed E-state index contributed by atoms with van der Waals surface area (Å²) in [5, 5.41) is 13.1. The summed E-state index contributed by atoms with van der Waals surface area (Å²) in [6, 6.07) is 0. The number of hydrogen-bond acceptors (Lipinski definition) is 6. The molecule has 0 aliphatic heterocycles. The van der Waals surface area contributed by atoms with Gasteiger partial charge in [0.2, 0.25) is 0 Å². The number of nitrogens with zero attached hydrogens (tertiary/aromatic N) is 2. The van der Waals surface area contributed by atoms with E-state index in [0.717, 1.165) is 5.39 Å². The summed E-state index contributed by atoms with van der Waals surface area (Å²) in [5.41, 5.74) is 0.699. The molecule has 2 N–H and O–H groups in total. The second-order valence-electron chi connectivity index (χ2n) is 4.61. The van der Waals surface area contributed by atoms with Crippen LogP contribution in [0.3, 0.4) is 0 Å². The molecule has 0 fully saturated rings. The fourth-order valence-corrected chi connectivity index (χ4v) is 2.86. The smallest absolute Gasteiger partial charge is 0.346 e. The molecule has 7 heteroatoms. The number of anilines is 1. The first kappa shape index (κ1) is 14.7. The van der Waals surface area contributed by atoms with E-state index in [-0.39, 0.29) is 6.10 Å². The van der Waals surface area contributed by atoms with E-state index in [0.29, 0.717) is 34.2 Å². The van der Waals surface area contributed by atoms with Gasteiger partial charge in [0.1, 0.15) is 21.9 Å². The molecule has 6 nitrogen and oxygen atoms in total. The lowest BCUT2D eigenvalue weighted by Gasteiger charge is -2.09. The highest BCUT2D eigenvalue weighted by atomic mass is 32.1. The molecule has 2 rings (SSSR count). The lowest BCUT2D eigenvalue weighted by atomic mass is 10.2. The van der Waals surface area contributed by atoms with E-state index in [1.165, 1.54) is 17.7 Å². The van der Waals surface area contributed by atoms with E-state index >= 15 is 0 Å². The number of carboxylic acid groups (broad SMARTS) is 1. The Morgan fingerprint density at radius 1 is 1.50 bits per heavy atom. The fourth-order valence-electron chi connectivity index (χ4n) is 1.87. The molecule has 0 aliphatic rings. The standard InChI is InChI=1S/C13H17N3O3S/c1-7(2)19-5-4-14-11-9-8(3)10(13(17)18)20-12(9)16-6-15-11/h6-7H,4-5H2,1-3H3,(H,17,18)(H,14,15,16). The molecular weight excluding hydrogens is 278 g/mol. The number of aryl methyl sites for hydroxylation is 1. The van der Waals surface area contributed by atoms with Gasteiger partial charge in [-0.25, -0.2) is 14.8 Å². The molecule has 0 amide bonds. The van der Waals surface area contributed by atoms with Crippen LogP contribution in [-0.4, -0.2) is 40.3 Å². The van der Waals surface area contributed by atoms with Crippen LogP contribution in [0.4, 0.5) is 5.82 Å². The van der Waals surface area contributed by atoms with Crippen LogP contribution >= 0.6 is 11.3 Å². The number of fused-ring (bicyclic) bond motifs is 1. The summed E-state index contributed by atoms with van der Waals surface area (Å²) >= 11 is 1.17. The first-order chi connectivity index (χ1) is 9.50. The Bertz CT molecular complexity index is 625. The number of nitrogens with one attached hydrogen (secondary N) is 1. The minimum Gasteiger partial charge on any atom is -0.477 e. The van der Waals surface area contributed by atoms with Gasteiger partial charge in [-0.3, -0.25) is 0 Å². The van der Waals surface area contributed by atoms with Crippen molar-refractivity contribution in [3.63, 3.8) is 0 Å². The molecule has 0 aromatic carbocycles. The van der Waals surface area contributed by atoms with Crippen molar-refractivity contribution in [2.75, 3.05) is 18.5 Å². The topological polar surface area (TPSA) is 84.3 Å². The van der Waals surface area contributed by atoms with Crippen molar-refractivity contribution in [1.29, 1.82) is 0 Å². The summed E-state index contributed by atoms with van der Waals surface area (Å²) in [7, 11) is 0. The van der Waals surface area contributed by atoms with Crippen LogP contribution in [0.1, 0.15) is 29.1 Å². The first-order valence-electron chi connectivity index (χ1n) is 6.33. The highest BCUT2D eigenvalue weighted by molar-refractivity contribution is 7.20. The van der Waals surface area contributed by atoms with E-state index in [9.17, 15) is 4.79 Å². The van der Waals surface area contributed by atoms with Crippen molar-refractivity contribution >= 4 is 33.3 Å². The van der Waals surface area contributed by atoms with Crippen LogP contribution in [0.2, 0.25) is 0 Å². The van der Waals surface area contributed by atoms with E-state index < -0.39 is 5.97 Å². The van der Waals surface area contributed by atoms with Gasteiger partial charge in [0.05, 0.1) is 18.1 Å². The minimum absolute atomic E-state index is 0.184. The Kier molecular flexibility index (Phi) is 4.51. The van der Waals surface area contributed by atoms with Gasteiger partial charge in [-0.2, -0.15) is 0 Å². The summed E-state index contributed by atoms with van der Waals surface area (Å²) in [4.78, 5) is 20.5. The van der Waals surface area contributed by atoms with Gasteiger partial charge in [0.25, 0.3) is 0 Å². The van der Waals surface area contributed by atoms with Gasteiger partial charge in [0, 0.05) is 6.54 Å². The van der Waals surface area contributed by atoms with Crippen LogP contribution in [0.5, 0.6) is 0 Å². The van der Waals surface area contributed by atoms with Crippen LogP contribution in [0.15, 0.2) is 6.33 Å². The first-order valence-corrected chi connectivity index (χ1v) is 7.15. The number of thiophene rings is 1.